The molecule has 3 N–H and O–H groups in total. The van der Waals surface area contributed by atoms with Gasteiger partial charge in [-0.1, -0.05) is 65.3 Å². The second-order valence-electron chi connectivity index (χ2n) is 12.5. The Morgan fingerprint density at radius 2 is 1.97 bits per heavy atom. The van der Waals surface area contributed by atoms with E-state index in [4.69, 9.17) is 4.74 Å². The molecule has 0 spiro atoms. The van der Waals surface area contributed by atoms with E-state index in [1.54, 1.807) is 5.57 Å². The van der Waals surface area contributed by atoms with Crippen LogP contribution in [0.25, 0.3) is 0 Å². The first kappa shape index (κ1) is 30.8. The molecule has 0 unspecified atom stereocenters. The van der Waals surface area contributed by atoms with Gasteiger partial charge in [0, 0.05) is 36.3 Å². The highest BCUT2D eigenvalue weighted by atomic mass is 79.9. The van der Waals surface area contributed by atoms with E-state index in [0.29, 0.717) is 35.9 Å². The summed E-state index contributed by atoms with van der Waals surface area (Å²) in [5.41, 5.74) is 1.69. The number of aliphatic hydroxyl groups is 2. The molecule has 0 aromatic heterocycles. The lowest BCUT2D eigenvalue weighted by atomic mass is 9.47. The van der Waals surface area contributed by atoms with Crippen molar-refractivity contribution in [1.29, 1.82) is 0 Å². The van der Waals surface area contributed by atoms with Crippen molar-refractivity contribution < 1.29 is 29.3 Å². The lowest BCUT2D eigenvalue weighted by molar-refractivity contribution is -0.330. The summed E-state index contributed by atoms with van der Waals surface area (Å²) in [6.45, 7) is 5.97. The quantitative estimate of drug-likeness (QED) is 0.132. The Bertz CT molecular complexity index is 1010. The highest BCUT2D eigenvalue weighted by Crippen LogP contribution is 2.66. The van der Waals surface area contributed by atoms with Crippen LogP contribution >= 0.6 is 27.7 Å². The number of alkyl halides is 1. The molecule has 7 nitrogen and oxygen atoms in total. The number of halogens is 1. The Balaban J connectivity index is 1.39. The predicted molar refractivity (Wildman–Crippen MR) is 156 cm³/mol. The summed E-state index contributed by atoms with van der Waals surface area (Å²) in [5, 5.41) is 24.8. The fraction of sp³-hybridized carbons (Fsp3) is 0.767. The van der Waals surface area contributed by atoms with Gasteiger partial charge in [-0.25, -0.2) is 4.79 Å². The van der Waals surface area contributed by atoms with Gasteiger partial charge in [0.1, 0.15) is 6.04 Å². The number of amides is 1. The third-order valence-electron chi connectivity index (χ3n) is 10.2. The molecule has 3 saturated carbocycles. The minimum absolute atomic E-state index is 0.0114. The van der Waals surface area contributed by atoms with Gasteiger partial charge in [-0.2, -0.15) is 0 Å². The van der Waals surface area contributed by atoms with Crippen LogP contribution in [-0.2, 0) is 19.1 Å². The molecule has 0 aromatic carbocycles. The molecular formula is C30H44BrNO6S. The lowest BCUT2D eigenvalue weighted by Crippen LogP contribution is -2.51. The number of esters is 1. The Morgan fingerprint density at radius 3 is 2.69 bits per heavy atom. The van der Waals surface area contributed by atoms with Gasteiger partial charge in [0.15, 0.2) is 5.12 Å². The fourth-order valence-electron chi connectivity index (χ4n) is 8.25. The van der Waals surface area contributed by atoms with E-state index in [-0.39, 0.29) is 34.0 Å². The molecule has 3 fully saturated rings. The highest BCUT2D eigenvalue weighted by molar-refractivity contribution is 9.09. The standard InChI is InChI=1S/C30H44BrNO6S/c1-19(33)32-25(18-39-26(34)8-6-16-31)27(35)38-30(36,37)17-21-10-12-23-22-11-9-20-7-4-5-14-28(20,2)24(22)13-15-29(21,23)3/h5,7,14,21-25,36-37H,4,6,8-13,15-18H2,1-3H3,(H,32,33)/t21-,22+,23+,24+,25+,28+,29-/m1/s1. The van der Waals surface area contributed by atoms with Crippen LogP contribution in [0.2, 0.25) is 0 Å². The maximum absolute atomic E-state index is 12.9. The van der Waals surface area contributed by atoms with E-state index < -0.39 is 23.9 Å². The van der Waals surface area contributed by atoms with Gasteiger partial charge in [-0.3, -0.25) is 9.59 Å². The fourth-order valence-corrected chi connectivity index (χ4v) is 9.39. The summed E-state index contributed by atoms with van der Waals surface area (Å²) in [7, 11) is 0. The maximum atomic E-state index is 12.9. The van der Waals surface area contributed by atoms with Crippen molar-refractivity contribution >= 4 is 44.7 Å². The molecule has 0 saturated heterocycles. The summed E-state index contributed by atoms with van der Waals surface area (Å²) in [6, 6.07) is -1.14. The Morgan fingerprint density at radius 1 is 1.21 bits per heavy atom. The second-order valence-corrected chi connectivity index (χ2v) is 14.4. The van der Waals surface area contributed by atoms with E-state index in [1.165, 1.54) is 13.3 Å². The monoisotopic (exact) mass is 625 g/mol. The molecule has 0 aliphatic heterocycles. The Kier molecular flexibility index (Phi) is 9.77. The van der Waals surface area contributed by atoms with Gasteiger partial charge >= 0.3 is 11.9 Å². The average molecular weight is 627 g/mol. The van der Waals surface area contributed by atoms with Gasteiger partial charge in [0.2, 0.25) is 5.91 Å². The van der Waals surface area contributed by atoms with E-state index in [9.17, 15) is 24.6 Å². The number of allylic oxidation sites excluding steroid dienone is 4. The summed E-state index contributed by atoms with van der Waals surface area (Å²) >= 11 is 4.23. The Labute approximate surface area is 245 Å². The number of fused-ring (bicyclic) bond motifs is 5. The third-order valence-corrected chi connectivity index (χ3v) is 11.8. The lowest BCUT2D eigenvalue weighted by Gasteiger charge is -2.57. The molecule has 4 aliphatic rings. The minimum Gasteiger partial charge on any atom is -0.407 e. The molecule has 39 heavy (non-hydrogen) atoms. The van der Waals surface area contributed by atoms with Crippen LogP contribution in [0.5, 0.6) is 0 Å². The van der Waals surface area contributed by atoms with Crippen molar-refractivity contribution in [3.63, 3.8) is 0 Å². The number of carbonyl (C=O) groups excluding carboxylic acids is 3. The van der Waals surface area contributed by atoms with Crippen LogP contribution in [0.1, 0.15) is 85.0 Å². The van der Waals surface area contributed by atoms with Crippen molar-refractivity contribution in [3.8, 4) is 0 Å². The van der Waals surface area contributed by atoms with Crippen LogP contribution in [0.3, 0.4) is 0 Å². The maximum Gasteiger partial charge on any atom is 0.333 e. The summed E-state index contributed by atoms with van der Waals surface area (Å²) in [4.78, 5) is 36.7. The van der Waals surface area contributed by atoms with Crippen molar-refractivity contribution in [2.45, 2.75) is 97.0 Å². The van der Waals surface area contributed by atoms with E-state index in [1.807, 2.05) is 0 Å². The normalized spacial score (nSPS) is 34.3. The second kappa shape index (κ2) is 12.4. The smallest absolute Gasteiger partial charge is 0.333 e. The first-order valence-electron chi connectivity index (χ1n) is 14.4. The van der Waals surface area contributed by atoms with Crippen molar-refractivity contribution in [3.05, 3.63) is 23.8 Å². The number of thioether (sulfide) groups is 1. The van der Waals surface area contributed by atoms with Crippen molar-refractivity contribution in [2.75, 3.05) is 11.1 Å². The zero-order valence-corrected chi connectivity index (χ0v) is 25.8. The number of hydrogen-bond donors (Lipinski definition) is 3. The number of nitrogens with one attached hydrogen (secondary N) is 1. The van der Waals surface area contributed by atoms with Gasteiger partial charge in [0.05, 0.1) is 0 Å². The summed E-state index contributed by atoms with van der Waals surface area (Å²) in [5.74, 6) is -2.32. The number of carbonyl (C=O) groups is 3. The number of rotatable bonds is 10. The molecule has 1 amide bonds. The van der Waals surface area contributed by atoms with Crippen LogP contribution in [-0.4, -0.2) is 50.3 Å². The molecule has 4 rings (SSSR count). The van der Waals surface area contributed by atoms with E-state index in [0.717, 1.165) is 50.3 Å². The minimum atomic E-state index is -2.64. The van der Waals surface area contributed by atoms with E-state index in [2.05, 4.69) is 53.3 Å². The molecular weight excluding hydrogens is 582 g/mol. The third kappa shape index (κ3) is 6.68. The summed E-state index contributed by atoms with van der Waals surface area (Å²) in [6.07, 6.45) is 15.6. The zero-order chi connectivity index (χ0) is 28.4. The van der Waals surface area contributed by atoms with Gasteiger partial charge in [0.25, 0.3) is 0 Å². The zero-order valence-electron chi connectivity index (χ0n) is 23.4. The molecule has 0 aromatic rings. The number of ether oxygens (including phenoxy) is 1. The largest absolute Gasteiger partial charge is 0.407 e. The topological polar surface area (TPSA) is 113 Å². The van der Waals surface area contributed by atoms with Gasteiger partial charge < -0.3 is 20.3 Å². The van der Waals surface area contributed by atoms with Gasteiger partial charge in [-0.05, 0) is 80.5 Å². The van der Waals surface area contributed by atoms with Gasteiger partial charge in [-0.15, -0.1) is 0 Å². The highest BCUT2D eigenvalue weighted by Gasteiger charge is 2.59. The van der Waals surface area contributed by atoms with Crippen molar-refractivity contribution in [1.82, 2.24) is 5.32 Å². The summed E-state index contributed by atoms with van der Waals surface area (Å²) < 4.78 is 5.20. The van der Waals surface area contributed by atoms with E-state index >= 15 is 0 Å². The molecule has 0 radical (unpaired) electrons. The molecule has 218 valence electrons. The molecule has 0 bridgehead atoms. The van der Waals surface area contributed by atoms with Crippen LogP contribution in [0.4, 0.5) is 0 Å². The first-order valence-corrected chi connectivity index (χ1v) is 16.5. The molecule has 4 aliphatic carbocycles. The molecule has 9 heteroatoms. The average Bonchev–Trinajstić information content (AvgIpc) is 3.19. The van der Waals surface area contributed by atoms with Crippen LogP contribution in [0, 0.1) is 34.5 Å². The number of hydrogen-bond acceptors (Lipinski definition) is 7. The van der Waals surface area contributed by atoms with Crippen LogP contribution < -0.4 is 5.32 Å². The predicted octanol–water partition coefficient (Wildman–Crippen LogP) is 5.24. The molecule has 0 heterocycles. The van der Waals surface area contributed by atoms with Crippen molar-refractivity contribution in [2.24, 2.45) is 34.5 Å². The Hall–Kier alpha value is -1.16. The molecule has 7 atom stereocenters. The van der Waals surface area contributed by atoms with Crippen LogP contribution in [0.15, 0.2) is 23.8 Å². The SMILES string of the molecule is CC(=O)N[C@@H](CSC(=O)CCCBr)C(=O)OC(O)(O)C[C@H]1CC[C@H]2[C@@H]3CCC4=CCC=C[C@]4(C)[C@H]3CC[C@]12C. The first-order chi connectivity index (χ1) is 18.4.